The van der Waals surface area contributed by atoms with E-state index >= 15 is 0 Å². The summed E-state index contributed by atoms with van der Waals surface area (Å²) in [5, 5.41) is 3.24. The van der Waals surface area contributed by atoms with Crippen LogP contribution in [0, 0.1) is 35.0 Å². The van der Waals surface area contributed by atoms with Gasteiger partial charge in [-0.3, -0.25) is 9.59 Å². The van der Waals surface area contributed by atoms with Crippen LogP contribution in [0.5, 0.6) is 0 Å². The van der Waals surface area contributed by atoms with Crippen LogP contribution in [-0.4, -0.2) is 41.9 Å². The van der Waals surface area contributed by atoms with Crippen LogP contribution in [0.1, 0.15) is 65.7 Å². The van der Waals surface area contributed by atoms with Gasteiger partial charge in [-0.15, -0.1) is 12.4 Å². The van der Waals surface area contributed by atoms with Crippen LogP contribution in [0.25, 0.3) is 0 Å². The molecule has 0 radical (unpaired) electrons. The second-order valence-electron chi connectivity index (χ2n) is 10.6. The highest BCUT2D eigenvalue weighted by Crippen LogP contribution is 2.60. The first-order valence-electron chi connectivity index (χ1n) is 11.1. The van der Waals surface area contributed by atoms with Gasteiger partial charge in [0, 0.05) is 18.0 Å². The van der Waals surface area contributed by atoms with Crippen LogP contribution in [0.3, 0.4) is 0 Å². The van der Waals surface area contributed by atoms with Crippen molar-refractivity contribution in [2.24, 2.45) is 40.7 Å². The van der Waals surface area contributed by atoms with Crippen LogP contribution in [0.15, 0.2) is 0 Å². The number of nitrogens with two attached hydrogens (primary N) is 1. The number of carbonyl (C=O) groups is 2. The Balaban J connectivity index is 0.00000225. The molecule has 5 nitrogen and oxygen atoms in total. The van der Waals surface area contributed by atoms with Gasteiger partial charge in [0.05, 0.1) is 0 Å². The zero-order valence-corrected chi connectivity index (χ0v) is 18.5. The average molecular weight is 412 g/mol. The minimum absolute atomic E-state index is 0. The summed E-state index contributed by atoms with van der Waals surface area (Å²) in [5.41, 5.74) is 5.64. The summed E-state index contributed by atoms with van der Waals surface area (Å²) in [6.07, 6.45) is 8.06. The Hall–Kier alpha value is -0.810. The summed E-state index contributed by atoms with van der Waals surface area (Å²) in [5.74, 6) is 2.94. The average Bonchev–Trinajstić information content (AvgIpc) is 2.98. The molecule has 3 unspecified atom stereocenters. The maximum atomic E-state index is 13.4. The maximum absolute atomic E-state index is 13.4. The summed E-state index contributed by atoms with van der Waals surface area (Å²) in [6.45, 7) is 7.55. The molecule has 2 amide bonds. The van der Waals surface area contributed by atoms with E-state index in [0.29, 0.717) is 12.5 Å². The Morgan fingerprint density at radius 3 is 2.04 bits per heavy atom. The van der Waals surface area contributed by atoms with Crippen molar-refractivity contribution >= 4 is 24.2 Å². The quantitative estimate of drug-likeness (QED) is 0.730. The molecule has 4 bridgehead atoms. The Morgan fingerprint density at radius 1 is 1.07 bits per heavy atom. The number of nitrogens with zero attached hydrogens (tertiary/aromatic N) is 1. The van der Waals surface area contributed by atoms with Gasteiger partial charge in [0.15, 0.2) is 0 Å². The summed E-state index contributed by atoms with van der Waals surface area (Å²) in [4.78, 5) is 28.7. The van der Waals surface area contributed by atoms with Crippen molar-refractivity contribution in [2.45, 2.75) is 77.8 Å². The largest absolute Gasteiger partial charge is 0.344 e. The molecular formula is C22H38ClN3O2. The van der Waals surface area contributed by atoms with Gasteiger partial charge in [-0.2, -0.15) is 0 Å². The Labute approximate surface area is 176 Å². The summed E-state index contributed by atoms with van der Waals surface area (Å²) in [6, 6.07) is -0.201. The molecule has 4 aliphatic carbocycles. The fraction of sp³-hybridized carbons (Fsp3) is 0.909. The molecule has 1 heterocycles. The molecule has 3 atom stereocenters. The number of hydrogen-bond acceptors (Lipinski definition) is 3. The van der Waals surface area contributed by atoms with Crippen molar-refractivity contribution in [1.82, 2.24) is 10.2 Å². The normalized spacial score (nSPS) is 39.8. The molecule has 4 saturated carbocycles. The molecule has 0 aromatic heterocycles. The van der Waals surface area contributed by atoms with E-state index in [1.165, 1.54) is 19.3 Å². The van der Waals surface area contributed by atoms with E-state index in [1.807, 2.05) is 18.7 Å². The summed E-state index contributed by atoms with van der Waals surface area (Å²) >= 11 is 0. The number of hydrogen-bond donors (Lipinski definition) is 2. The predicted molar refractivity (Wildman–Crippen MR) is 113 cm³/mol. The highest BCUT2D eigenvalue weighted by molar-refractivity contribution is 5.91. The van der Waals surface area contributed by atoms with Crippen LogP contribution >= 0.6 is 12.4 Å². The van der Waals surface area contributed by atoms with Crippen molar-refractivity contribution in [3.8, 4) is 0 Å². The molecule has 1 saturated heterocycles. The lowest BCUT2D eigenvalue weighted by Crippen LogP contribution is -2.59. The Bertz CT molecular complexity index is 573. The van der Waals surface area contributed by atoms with Gasteiger partial charge in [0.2, 0.25) is 11.8 Å². The first kappa shape index (κ1) is 21.9. The molecule has 5 rings (SSSR count). The van der Waals surface area contributed by atoms with Gasteiger partial charge >= 0.3 is 0 Å². The third-order valence-electron chi connectivity index (χ3n) is 8.02. The van der Waals surface area contributed by atoms with Gasteiger partial charge in [-0.1, -0.05) is 13.8 Å². The topological polar surface area (TPSA) is 75.4 Å². The first-order valence-corrected chi connectivity index (χ1v) is 11.1. The van der Waals surface area contributed by atoms with E-state index in [0.717, 1.165) is 50.0 Å². The Morgan fingerprint density at radius 2 is 1.61 bits per heavy atom. The SMILES string of the molecule is CC(C)C(NC(=O)C12CC3CC(CC(C3)C1)C2)C(=O)N1CC(CN)CC1C.Cl. The minimum Gasteiger partial charge on any atom is -0.344 e. The molecule has 5 fully saturated rings. The number of carbonyl (C=O) groups excluding carboxylic acids is 2. The number of nitrogens with one attached hydrogen (secondary N) is 1. The van der Waals surface area contributed by atoms with Crippen molar-refractivity contribution in [3.63, 3.8) is 0 Å². The first-order chi connectivity index (χ1) is 12.8. The van der Waals surface area contributed by atoms with Crippen molar-refractivity contribution in [2.75, 3.05) is 13.1 Å². The molecule has 6 heteroatoms. The van der Waals surface area contributed by atoms with E-state index in [-0.39, 0.29) is 41.6 Å². The van der Waals surface area contributed by atoms with E-state index < -0.39 is 6.04 Å². The van der Waals surface area contributed by atoms with Crippen LogP contribution in [0.2, 0.25) is 0 Å². The highest BCUT2D eigenvalue weighted by atomic mass is 35.5. The third-order valence-corrected chi connectivity index (χ3v) is 8.02. The monoisotopic (exact) mass is 411 g/mol. The molecule has 1 aliphatic heterocycles. The van der Waals surface area contributed by atoms with Crippen LogP contribution < -0.4 is 11.1 Å². The highest BCUT2D eigenvalue weighted by Gasteiger charge is 2.55. The third kappa shape index (κ3) is 3.81. The summed E-state index contributed by atoms with van der Waals surface area (Å²) < 4.78 is 0. The molecule has 28 heavy (non-hydrogen) atoms. The molecule has 0 spiro atoms. The van der Waals surface area contributed by atoms with Gasteiger partial charge < -0.3 is 16.0 Å². The standard InChI is InChI=1S/C22H37N3O2.ClH/c1-13(2)19(20(26)25-12-18(11-23)4-14(25)3)24-21(27)22-8-15-5-16(9-22)7-17(6-15)10-22;/h13-19H,4-12,23H2,1-3H3,(H,24,27);1H. The molecule has 3 N–H and O–H groups in total. The number of rotatable bonds is 5. The predicted octanol–water partition coefficient (Wildman–Crippen LogP) is 2.96. The Kier molecular flexibility index (Phi) is 6.36. The minimum atomic E-state index is -0.413. The summed E-state index contributed by atoms with van der Waals surface area (Å²) in [7, 11) is 0. The van der Waals surface area contributed by atoms with Crippen molar-refractivity contribution in [3.05, 3.63) is 0 Å². The zero-order valence-electron chi connectivity index (χ0n) is 17.7. The fourth-order valence-corrected chi connectivity index (χ4v) is 7.00. The van der Waals surface area contributed by atoms with E-state index in [2.05, 4.69) is 12.2 Å². The molecule has 0 aromatic carbocycles. The second kappa shape index (κ2) is 8.14. The molecule has 5 aliphatic rings. The molecular weight excluding hydrogens is 374 g/mol. The second-order valence-corrected chi connectivity index (χ2v) is 10.6. The maximum Gasteiger partial charge on any atom is 0.245 e. The van der Waals surface area contributed by atoms with Crippen LogP contribution in [0.4, 0.5) is 0 Å². The smallest absolute Gasteiger partial charge is 0.245 e. The van der Waals surface area contributed by atoms with Gasteiger partial charge in [-0.05, 0) is 88.0 Å². The van der Waals surface area contributed by atoms with Gasteiger partial charge in [-0.25, -0.2) is 0 Å². The van der Waals surface area contributed by atoms with Gasteiger partial charge in [0.25, 0.3) is 0 Å². The number of likely N-dealkylation sites (tertiary alicyclic amines) is 1. The van der Waals surface area contributed by atoms with E-state index in [1.54, 1.807) is 0 Å². The van der Waals surface area contributed by atoms with Crippen LogP contribution in [-0.2, 0) is 9.59 Å². The number of amides is 2. The van der Waals surface area contributed by atoms with Gasteiger partial charge in [0.1, 0.15) is 6.04 Å². The lowest BCUT2D eigenvalue weighted by molar-refractivity contribution is -0.150. The van der Waals surface area contributed by atoms with E-state index in [4.69, 9.17) is 5.73 Å². The molecule has 0 aromatic rings. The molecule has 160 valence electrons. The van der Waals surface area contributed by atoms with Crippen molar-refractivity contribution < 1.29 is 9.59 Å². The lowest BCUT2D eigenvalue weighted by Gasteiger charge is -2.56. The lowest BCUT2D eigenvalue weighted by atomic mass is 9.49. The fourth-order valence-electron chi connectivity index (χ4n) is 7.00. The number of halogens is 1. The zero-order chi connectivity index (χ0) is 19.3. The van der Waals surface area contributed by atoms with Crippen molar-refractivity contribution in [1.29, 1.82) is 0 Å². The van der Waals surface area contributed by atoms with E-state index in [9.17, 15) is 9.59 Å².